The molecule has 0 spiro atoms. The number of hydrogen-bond acceptors (Lipinski definition) is 8. The third kappa shape index (κ3) is 55.7. The molecule has 0 aliphatic rings. The average Bonchev–Trinajstić information content (AvgIpc) is 3.37. The van der Waals surface area contributed by atoms with Gasteiger partial charge in [-0.05, 0) is 109 Å². The van der Waals surface area contributed by atoms with E-state index in [4.69, 9.17) is 24.3 Å². The van der Waals surface area contributed by atoms with E-state index >= 15 is 0 Å². The number of phosphoric ester groups is 1. The highest BCUT2D eigenvalue weighted by atomic mass is 31.2. The van der Waals surface area contributed by atoms with Crippen molar-refractivity contribution in [2.24, 2.45) is 5.73 Å². The van der Waals surface area contributed by atoms with Gasteiger partial charge in [-0.3, -0.25) is 18.6 Å². The van der Waals surface area contributed by atoms with E-state index < -0.39 is 32.5 Å². The number of nitrogens with two attached hydrogens (primary N) is 1. The second-order valence-electron chi connectivity index (χ2n) is 18.4. The molecular formula is C62H104NO8P. The molecule has 0 aromatic rings. The summed E-state index contributed by atoms with van der Waals surface area (Å²) < 4.78 is 33.0. The van der Waals surface area contributed by atoms with Crippen molar-refractivity contribution in [3.05, 3.63) is 122 Å². The Labute approximate surface area is 441 Å². The first-order valence-corrected chi connectivity index (χ1v) is 30.0. The number of rotatable bonds is 52. The lowest BCUT2D eigenvalue weighted by Gasteiger charge is -2.19. The summed E-state index contributed by atoms with van der Waals surface area (Å²) in [5.74, 6) is -0.861. The Morgan fingerprint density at radius 1 is 0.431 bits per heavy atom. The highest BCUT2D eigenvalue weighted by Crippen LogP contribution is 2.43. The number of ether oxygens (including phenoxy) is 2. The van der Waals surface area contributed by atoms with Gasteiger partial charge in [0.2, 0.25) is 0 Å². The predicted molar refractivity (Wildman–Crippen MR) is 307 cm³/mol. The van der Waals surface area contributed by atoms with Crippen LogP contribution in [0.2, 0.25) is 0 Å². The molecule has 0 saturated carbocycles. The maximum atomic E-state index is 12.7. The molecule has 0 aliphatic carbocycles. The highest BCUT2D eigenvalue weighted by molar-refractivity contribution is 7.47. The first-order chi connectivity index (χ1) is 35.3. The topological polar surface area (TPSA) is 134 Å². The van der Waals surface area contributed by atoms with Crippen LogP contribution in [0.25, 0.3) is 0 Å². The lowest BCUT2D eigenvalue weighted by Crippen LogP contribution is -2.29. The van der Waals surface area contributed by atoms with E-state index in [2.05, 4.69) is 135 Å². The molecule has 3 N–H and O–H groups in total. The van der Waals surface area contributed by atoms with Gasteiger partial charge < -0.3 is 20.1 Å². The van der Waals surface area contributed by atoms with Crippen molar-refractivity contribution in [2.75, 3.05) is 26.4 Å². The molecule has 410 valence electrons. The summed E-state index contributed by atoms with van der Waals surface area (Å²) in [4.78, 5) is 35.1. The number of carbonyl (C=O) groups excluding carboxylic acids is 2. The monoisotopic (exact) mass is 1020 g/mol. The Hall–Kier alpha value is -3.59. The van der Waals surface area contributed by atoms with Crippen LogP contribution in [0.1, 0.15) is 226 Å². The van der Waals surface area contributed by atoms with E-state index in [0.29, 0.717) is 6.42 Å². The normalized spacial score (nSPS) is 14.0. The first kappa shape index (κ1) is 68.4. The number of allylic oxidation sites excluding steroid dienone is 20. The zero-order chi connectivity index (χ0) is 52.4. The van der Waals surface area contributed by atoms with Gasteiger partial charge in [-0.2, -0.15) is 0 Å². The summed E-state index contributed by atoms with van der Waals surface area (Å²) in [5, 5.41) is 0. The fourth-order valence-electron chi connectivity index (χ4n) is 7.39. The van der Waals surface area contributed by atoms with Crippen molar-refractivity contribution in [1.82, 2.24) is 0 Å². The van der Waals surface area contributed by atoms with Gasteiger partial charge >= 0.3 is 19.8 Å². The van der Waals surface area contributed by atoms with Crippen LogP contribution in [0.15, 0.2) is 122 Å². The van der Waals surface area contributed by atoms with Gasteiger partial charge in [-0.15, -0.1) is 0 Å². The van der Waals surface area contributed by atoms with Crippen LogP contribution in [0.4, 0.5) is 0 Å². The quantitative estimate of drug-likeness (QED) is 0.0264. The lowest BCUT2D eigenvalue weighted by atomic mass is 10.1. The van der Waals surface area contributed by atoms with Crippen LogP contribution in [0.3, 0.4) is 0 Å². The van der Waals surface area contributed by atoms with E-state index in [1.165, 1.54) is 70.6 Å². The van der Waals surface area contributed by atoms with Crippen LogP contribution in [0.5, 0.6) is 0 Å². The smallest absolute Gasteiger partial charge is 0.462 e. The molecule has 2 atom stereocenters. The summed E-state index contributed by atoms with van der Waals surface area (Å²) in [6, 6.07) is 0. The molecule has 2 unspecified atom stereocenters. The Balaban J connectivity index is 4.09. The van der Waals surface area contributed by atoms with Gasteiger partial charge in [0.1, 0.15) is 6.61 Å². The van der Waals surface area contributed by atoms with Gasteiger partial charge in [-0.1, -0.05) is 225 Å². The molecule has 9 nitrogen and oxygen atoms in total. The number of esters is 2. The SMILES string of the molecule is CC/C=C\C/C=C\C/C=C\C/C=C\C/C=C\C/C=C\C/C=C\C/C=C\C/C=C\CCCCCCCC(=O)OC(COC(=O)CCCCCCCCC/C=C\CCCCCCCCC)COP(=O)(O)OCCN. The minimum Gasteiger partial charge on any atom is -0.462 e. The van der Waals surface area contributed by atoms with Crippen LogP contribution in [-0.4, -0.2) is 49.3 Å². The summed E-state index contributed by atoms with van der Waals surface area (Å²) in [6.07, 6.45) is 78.2. The third-order valence-electron chi connectivity index (χ3n) is 11.6. The van der Waals surface area contributed by atoms with Crippen molar-refractivity contribution in [3.8, 4) is 0 Å². The highest BCUT2D eigenvalue weighted by Gasteiger charge is 2.26. The molecule has 0 bridgehead atoms. The number of hydrogen-bond donors (Lipinski definition) is 2. The largest absolute Gasteiger partial charge is 0.472 e. The maximum Gasteiger partial charge on any atom is 0.472 e. The standard InChI is InChI=1S/C62H104NO8P/c1-3-5-7-9-11-13-15-17-19-21-23-24-25-26-27-28-29-30-31-32-33-34-35-36-37-39-41-43-45-47-49-51-53-55-62(65)71-60(59-70-72(66,67)69-57-56-63)58-68-61(64)54-52-50-48-46-44-42-40-38-22-20-18-16-14-12-10-8-6-4-2/h5,7,11,13,17,19-20,22-24,26-27,29-30,32-33,35-36,39,41,60H,3-4,6,8-10,12,14-16,18,21,25,28,31,34,37-38,40,42-59,63H2,1-2H3,(H,66,67)/b7-5-,13-11-,19-17-,22-20-,24-23-,27-26-,30-29-,33-32-,36-35-,41-39-. The zero-order valence-electron chi connectivity index (χ0n) is 45.6. The van der Waals surface area contributed by atoms with Crippen molar-refractivity contribution in [1.29, 1.82) is 0 Å². The van der Waals surface area contributed by atoms with Crippen molar-refractivity contribution >= 4 is 19.8 Å². The second kappa shape index (κ2) is 56.7. The Kier molecular flexibility index (Phi) is 53.9. The van der Waals surface area contributed by atoms with Crippen molar-refractivity contribution < 1.29 is 37.6 Å². The summed E-state index contributed by atoms with van der Waals surface area (Å²) >= 11 is 0. The summed E-state index contributed by atoms with van der Waals surface area (Å²) in [7, 11) is -4.40. The van der Waals surface area contributed by atoms with E-state index in [1.54, 1.807) is 0 Å². The van der Waals surface area contributed by atoms with Crippen LogP contribution >= 0.6 is 7.82 Å². The number of carbonyl (C=O) groups is 2. The van der Waals surface area contributed by atoms with Gasteiger partial charge in [-0.25, -0.2) is 4.57 Å². The van der Waals surface area contributed by atoms with Gasteiger partial charge in [0.05, 0.1) is 13.2 Å². The summed E-state index contributed by atoms with van der Waals surface area (Å²) in [6.45, 7) is 3.59. The molecule has 0 radical (unpaired) electrons. The predicted octanol–water partition coefficient (Wildman–Crippen LogP) is 18.0. The molecule has 0 aromatic heterocycles. The van der Waals surface area contributed by atoms with Gasteiger partial charge in [0.15, 0.2) is 6.10 Å². The number of phosphoric acid groups is 1. The van der Waals surface area contributed by atoms with Gasteiger partial charge in [0.25, 0.3) is 0 Å². The van der Waals surface area contributed by atoms with Crippen molar-refractivity contribution in [2.45, 2.75) is 232 Å². The van der Waals surface area contributed by atoms with Crippen molar-refractivity contribution in [3.63, 3.8) is 0 Å². The molecule has 0 aliphatic heterocycles. The van der Waals surface area contributed by atoms with E-state index in [-0.39, 0.29) is 32.6 Å². The fraction of sp³-hybridized carbons (Fsp3) is 0.645. The Morgan fingerprint density at radius 2 is 0.764 bits per heavy atom. The Morgan fingerprint density at radius 3 is 1.15 bits per heavy atom. The lowest BCUT2D eigenvalue weighted by molar-refractivity contribution is -0.161. The van der Waals surface area contributed by atoms with Crippen LogP contribution < -0.4 is 5.73 Å². The molecule has 0 aromatic carbocycles. The average molecular weight is 1020 g/mol. The van der Waals surface area contributed by atoms with Crippen LogP contribution in [0, 0.1) is 0 Å². The molecule has 0 fully saturated rings. The molecule has 72 heavy (non-hydrogen) atoms. The fourth-order valence-corrected chi connectivity index (χ4v) is 8.15. The summed E-state index contributed by atoms with van der Waals surface area (Å²) in [5.41, 5.74) is 5.37. The second-order valence-corrected chi connectivity index (χ2v) is 19.9. The molecule has 0 heterocycles. The molecule has 0 saturated heterocycles. The van der Waals surface area contributed by atoms with E-state index in [1.807, 2.05) is 0 Å². The minimum absolute atomic E-state index is 0.0432. The van der Waals surface area contributed by atoms with Gasteiger partial charge in [0, 0.05) is 19.4 Å². The zero-order valence-corrected chi connectivity index (χ0v) is 46.5. The first-order valence-electron chi connectivity index (χ1n) is 28.5. The third-order valence-corrected chi connectivity index (χ3v) is 12.6. The molecular weight excluding hydrogens is 918 g/mol. The van der Waals surface area contributed by atoms with Crippen LogP contribution in [-0.2, 0) is 32.7 Å². The maximum absolute atomic E-state index is 12.7. The van der Waals surface area contributed by atoms with E-state index in [0.717, 1.165) is 122 Å². The number of unbranched alkanes of at least 4 members (excludes halogenated alkanes) is 19. The molecule has 10 heteroatoms. The van der Waals surface area contributed by atoms with E-state index in [9.17, 15) is 19.0 Å². The molecule has 0 amide bonds. The minimum atomic E-state index is -4.40. The Bertz CT molecular complexity index is 1590. The molecule has 0 rings (SSSR count).